The highest BCUT2D eigenvalue weighted by molar-refractivity contribution is 7.80. The molecule has 2 amide bonds. The van der Waals surface area contributed by atoms with Crippen LogP contribution in [-0.2, 0) is 4.79 Å². The van der Waals surface area contributed by atoms with Gasteiger partial charge in [-0.1, -0.05) is 24.3 Å². The van der Waals surface area contributed by atoms with Crippen molar-refractivity contribution in [3.05, 3.63) is 59.2 Å². The smallest absolute Gasteiger partial charge is 0.276 e. The molecular weight excluding hydrogens is 378 g/mol. The summed E-state index contributed by atoms with van der Waals surface area (Å²) < 4.78 is 10.9. The maximum Gasteiger partial charge on any atom is 0.276 e. The van der Waals surface area contributed by atoms with E-state index in [1.54, 1.807) is 30.3 Å². The van der Waals surface area contributed by atoms with E-state index in [-0.39, 0.29) is 11.7 Å². The molecule has 2 aromatic rings. The maximum atomic E-state index is 12.3. The Morgan fingerprint density at radius 3 is 2.43 bits per heavy atom. The Morgan fingerprint density at radius 2 is 1.68 bits per heavy atom. The first-order chi connectivity index (χ1) is 13.4. The zero-order valence-electron chi connectivity index (χ0n) is 16.0. The number of hydrazine groups is 1. The molecule has 0 spiro atoms. The summed E-state index contributed by atoms with van der Waals surface area (Å²) in [5.74, 6) is 0.212. The van der Waals surface area contributed by atoms with Crippen molar-refractivity contribution >= 4 is 29.1 Å². The standard InChI is InChI=1S/C20H23N3O4S/c1-4-26-17-10-6-5-9-15(17)19(25)21-20(28)23-22-18(24)12-27-16-11-7-8-13(2)14(16)3/h5-11H,4,12H2,1-3H3,(H,22,24)(H2,21,23,25,28). The van der Waals surface area contributed by atoms with Crippen molar-refractivity contribution in [2.75, 3.05) is 13.2 Å². The Balaban J connectivity index is 1.81. The second kappa shape index (κ2) is 10.3. The van der Waals surface area contributed by atoms with E-state index in [2.05, 4.69) is 16.2 Å². The number of rotatable bonds is 6. The number of hydrogen-bond acceptors (Lipinski definition) is 5. The molecule has 0 heterocycles. The summed E-state index contributed by atoms with van der Waals surface area (Å²) in [6, 6.07) is 12.4. The molecule has 0 atom stereocenters. The summed E-state index contributed by atoms with van der Waals surface area (Å²) in [6.07, 6.45) is 0. The Bertz CT molecular complexity index is 870. The van der Waals surface area contributed by atoms with Crippen molar-refractivity contribution in [3.63, 3.8) is 0 Å². The van der Waals surface area contributed by atoms with E-state index < -0.39 is 11.8 Å². The summed E-state index contributed by atoms with van der Waals surface area (Å²) in [5, 5.41) is 2.44. The molecule has 148 valence electrons. The molecule has 0 fully saturated rings. The average Bonchev–Trinajstić information content (AvgIpc) is 2.68. The predicted molar refractivity (Wildman–Crippen MR) is 110 cm³/mol. The summed E-state index contributed by atoms with van der Waals surface area (Å²) >= 11 is 5.03. The van der Waals surface area contributed by atoms with Crippen molar-refractivity contribution in [1.82, 2.24) is 16.2 Å². The molecule has 28 heavy (non-hydrogen) atoms. The van der Waals surface area contributed by atoms with Crippen LogP contribution in [0.15, 0.2) is 42.5 Å². The molecule has 0 unspecified atom stereocenters. The molecule has 0 saturated heterocycles. The lowest BCUT2D eigenvalue weighted by Crippen LogP contribution is -2.49. The van der Waals surface area contributed by atoms with E-state index in [4.69, 9.17) is 21.7 Å². The Labute approximate surface area is 169 Å². The summed E-state index contributed by atoms with van der Waals surface area (Å²) in [7, 11) is 0. The van der Waals surface area contributed by atoms with E-state index >= 15 is 0 Å². The number of benzene rings is 2. The topological polar surface area (TPSA) is 88.7 Å². The third kappa shape index (κ3) is 5.95. The normalized spacial score (nSPS) is 9.96. The van der Waals surface area contributed by atoms with Gasteiger partial charge in [-0.3, -0.25) is 25.8 Å². The number of nitrogens with one attached hydrogen (secondary N) is 3. The fourth-order valence-corrected chi connectivity index (χ4v) is 2.47. The van der Waals surface area contributed by atoms with Crippen molar-refractivity contribution in [1.29, 1.82) is 0 Å². The zero-order chi connectivity index (χ0) is 20.5. The summed E-state index contributed by atoms with van der Waals surface area (Å²) in [6.45, 7) is 5.96. The van der Waals surface area contributed by atoms with Crippen LogP contribution in [0.25, 0.3) is 0 Å². The number of thiocarbonyl (C=S) groups is 1. The lowest BCUT2D eigenvalue weighted by Gasteiger charge is -2.14. The Hall–Kier alpha value is -3.13. The minimum Gasteiger partial charge on any atom is -0.493 e. The molecule has 0 saturated carbocycles. The first-order valence-corrected chi connectivity index (χ1v) is 9.14. The van der Waals surface area contributed by atoms with Crippen LogP contribution < -0.4 is 25.6 Å². The number of ether oxygens (including phenoxy) is 2. The van der Waals surface area contributed by atoms with E-state index in [0.29, 0.717) is 23.7 Å². The molecule has 3 N–H and O–H groups in total. The Kier molecular flexibility index (Phi) is 7.76. The van der Waals surface area contributed by atoms with Crippen molar-refractivity contribution in [2.24, 2.45) is 0 Å². The van der Waals surface area contributed by atoms with E-state index in [1.807, 2.05) is 32.9 Å². The van der Waals surface area contributed by atoms with Gasteiger partial charge in [-0.25, -0.2) is 0 Å². The van der Waals surface area contributed by atoms with Crippen LogP contribution in [0, 0.1) is 13.8 Å². The van der Waals surface area contributed by atoms with Gasteiger partial charge in [-0.05, 0) is 62.3 Å². The molecule has 0 aromatic heterocycles. The second-order valence-electron chi connectivity index (χ2n) is 5.87. The fourth-order valence-electron chi connectivity index (χ4n) is 2.32. The Morgan fingerprint density at radius 1 is 0.964 bits per heavy atom. The predicted octanol–water partition coefficient (Wildman–Crippen LogP) is 2.42. The van der Waals surface area contributed by atoms with Crippen molar-refractivity contribution in [2.45, 2.75) is 20.8 Å². The highest BCUT2D eigenvalue weighted by atomic mass is 32.1. The molecular formula is C20H23N3O4S. The lowest BCUT2D eigenvalue weighted by atomic mass is 10.1. The first kappa shape index (κ1) is 21.2. The van der Waals surface area contributed by atoms with Gasteiger partial charge in [0.1, 0.15) is 11.5 Å². The summed E-state index contributed by atoms with van der Waals surface area (Å²) in [4.78, 5) is 24.2. The van der Waals surface area contributed by atoms with E-state index in [1.165, 1.54) is 0 Å². The molecule has 0 aliphatic heterocycles. The molecule has 0 bridgehead atoms. The lowest BCUT2D eigenvalue weighted by molar-refractivity contribution is -0.123. The third-order valence-corrected chi connectivity index (χ3v) is 4.09. The number of carbonyl (C=O) groups excluding carboxylic acids is 2. The number of para-hydroxylation sites is 1. The van der Waals surface area contributed by atoms with Crippen LogP contribution >= 0.6 is 12.2 Å². The maximum absolute atomic E-state index is 12.3. The molecule has 0 aliphatic carbocycles. The van der Waals surface area contributed by atoms with Gasteiger partial charge in [0.25, 0.3) is 11.8 Å². The van der Waals surface area contributed by atoms with Crippen LogP contribution in [0.4, 0.5) is 0 Å². The number of aryl methyl sites for hydroxylation is 1. The molecule has 2 rings (SSSR count). The minimum atomic E-state index is -0.442. The zero-order valence-corrected chi connectivity index (χ0v) is 16.8. The minimum absolute atomic E-state index is 0.0450. The highest BCUT2D eigenvalue weighted by Gasteiger charge is 2.13. The molecule has 7 nitrogen and oxygen atoms in total. The third-order valence-electron chi connectivity index (χ3n) is 3.89. The second-order valence-corrected chi connectivity index (χ2v) is 6.28. The number of hydrogen-bond donors (Lipinski definition) is 3. The van der Waals surface area contributed by atoms with Gasteiger partial charge < -0.3 is 9.47 Å². The van der Waals surface area contributed by atoms with Gasteiger partial charge in [-0.2, -0.15) is 0 Å². The van der Waals surface area contributed by atoms with Crippen LogP contribution in [0.2, 0.25) is 0 Å². The van der Waals surface area contributed by atoms with E-state index in [0.717, 1.165) is 11.1 Å². The largest absolute Gasteiger partial charge is 0.493 e. The van der Waals surface area contributed by atoms with Gasteiger partial charge in [0.15, 0.2) is 11.7 Å². The van der Waals surface area contributed by atoms with Gasteiger partial charge in [0, 0.05) is 0 Å². The van der Waals surface area contributed by atoms with Crippen molar-refractivity contribution < 1.29 is 19.1 Å². The number of carbonyl (C=O) groups is 2. The van der Waals surface area contributed by atoms with Crippen LogP contribution in [-0.4, -0.2) is 30.1 Å². The average molecular weight is 401 g/mol. The SMILES string of the molecule is CCOc1ccccc1C(=O)NC(=S)NNC(=O)COc1cccc(C)c1C. The van der Waals surface area contributed by atoms with Gasteiger partial charge in [0.2, 0.25) is 0 Å². The van der Waals surface area contributed by atoms with E-state index in [9.17, 15) is 9.59 Å². The van der Waals surface area contributed by atoms with Crippen LogP contribution in [0.5, 0.6) is 11.5 Å². The number of amides is 2. The molecule has 2 aromatic carbocycles. The van der Waals surface area contributed by atoms with Gasteiger partial charge in [-0.15, -0.1) is 0 Å². The van der Waals surface area contributed by atoms with Gasteiger partial charge in [0.05, 0.1) is 12.2 Å². The first-order valence-electron chi connectivity index (χ1n) is 8.73. The summed E-state index contributed by atoms with van der Waals surface area (Å²) in [5.41, 5.74) is 7.25. The van der Waals surface area contributed by atoms with Crippen LogP contribution in [0.3, 0.4) is 0 Å². The quantitative estimate of drug-likeness (QED) is 0.509. The monoisotopic (exact) mass is 401 g/mol. The molecule has 0 aliphatic rings. The highest BCUT2D eigenvalue weighted by Crippen LogP contribution is 2.20. The van der Waals surface area contributed by atoms with Crippen LogP contribution in [0.1, 0.15) is 28.4 Å². The van der Waals surface area contributed by atoms with Crippen molar-refractivity contribution in [3.8, 4) is 11.5 Å². The molecule has 0 radical (unpaired) electrons. The fraction of sp³-hybridized carbons (Fsp3) is 0.250. The molecule has 8 heteroatoms. The van der Waals surface area contributed by atoms with Gasteiger partial charge >= 0.3 is 0 Å².